The van der Waals surface area contributed by atoms with E-state index in [0.717, 1.165) is 22.9 Å². The first-order valence-corrected chi connectivity index (χ1v) is 7.83. The predicted molar refractivity (Wildman–Crippen MR) is 88.4 cm³/mol. The van der Waals surface area contributed by atoms with Crippen LogP contribution in [0.15, 0.2) is 42.5 Å². The molecule has 21 heavy (non-hydrogen) atoms. The lowest BCUT2D eigenvalue weighted by Crippen LogP contribution is -2.12. The van der Waals surface area contributed by atoms with Crippen molar-refractivity contribution < 1.29 is 4.74 Å². The molecule has 1 aliphatic rings. The quantitative estimate of drug-likeness (QED) is 0.784. The zero-order valence-corrected chi connectivity index (χ0v) is 13.0. The Balaban J connectivity index is 1.93. The molecule has 1 unspecified atom stereocenters. The molecule has 3 rings (SSSR count). The highest BCUT2D eigenvalue weighted by atomic mass is 35.5. The van der Waals surface area contributed by atoms with Crippen molar-refractivity contribution in [2.75, 3.05) is 12.4 Å². The number of methoxy groups -OCH3 is 1. The van der Waals surface area contributed by atoms with Crippen LogP contribution in [-0.4, -0.2) is 7.11 Å². The van der Waals surface area contributed by atoms with E-state index in [0.29, 0.717) is 6.04 Å². The molecule has 110 valence electrons. The fourth-order valence-electron chi connectivity index (χ4n) is 3.05. The van der Waals surface area contributed by atoms with E-state index in [1.807, 2.05) is 18.2 Å². The fraction of sp³-hybridized carbons (Fsp3) is 0.333. The van der Waals surface area contributed by atoms with Crippen molar-refractivity contribution in [1.82, 2.24) is 0 Å². The highest BCUT2D eigenvalue weighted by molar-refractivity contribution is 6.30. The van der Waals surface area contributed by atoms with E-state index in [9.17, 15) is 0 Å². The molecule has 1 atom stereocenters. The van der Waals surface area contributed by atoms with Crippen molar-refractivity contribution in [3.05, 3.63) is 58.6 Å². The van der Waals surface area contributed by atoms with Gasteiger partial charge in [-0.15, -0.1) is 0 Å². The summed E-state index contributed by atoms with van der Waals surface area (Å²) in [4.78, 5) is 0. The topological polar surface area (TPSA) is 21.3 Å². The Morgan fingerprint density at radius 1 is 1.14 bits per heavy atom. The third-order valence-corrected chi connectivity index (χ3v) is 4.35. The Hall–Kier alpha value is -1.67. The summed E-state index contributed by atoms with van der Waals surface area (Å²) in [7, 11) is 1.69. The van der Waals surface area contributed by atoms with Gasteiger partial charge in [-0.3, -0.25) is 0 Å². The molecule has 0 bridgehead atoms. The first kappa shape index (κ1) is 14.3. The van der Waals surface area contributed by atoms with Crippen LogP contribution in [0.4, 0.5) is 5.69 Å². The maximum Gasteiger partial charge on any atom is 0.142 e. The van der Waals surface area contributed by atoms with Gasteiger partial charge in [0.1, 0.15) is 5.75 Å². The number of benzene rings is 2. The molecule has 0 saturated heterocycles. The smallest absolute Gasteiger partial charge is 0.142 e. The zero-order valence-electron chi connectivity index (χ0n) is 12.2. The van der Waals surface area contributed by atoms with Crippen molar-refractivity contribution in [3.63, 3.8) is 0 Å². The number of nitrogens with one attached hydrogen (secondary N) is 1. The van der Waals surface area contributed by atoms with Crippen molar-refractivity contribution in [2.45, 2.75) is 31.7 Å². The number of ether oxygens (including phenoxy) is 1. The first-order valence-electron chi connectivity index (χ1n) is 7.46. The average molecular weight is 302 g/mol. The van der Waals surface area contributed by atoms with Crippen LogP contribution in [0.2, 0.25) is 5.02 Å². The molecule has 0 radical (unpaired) electrons. The van der Waals surface area contributed by atoms with Crippen LogP contribution < -0.4 is 10.1 Å². The van der Waals surface area contributed by atoms with E-state index in [4.69, 9.17) is 16.3 Å². The summed E-state index contributed by atoms with van der Waals surface area (Å²) in [5.74, 6) is 0.834. The molecule has 0 heterocycles. The minimum atomic E-state index is 0.316. The molecular weight excluding hydrogens is 282 g/mol. The van der Waals surface area contributed by atoms with E-state index in [2.05, 4.69) is 29.6 Å². The van der Waals surface area contributed by atoms with Crippen LogP contribution in [0, 0.1) is 0 Å². The summed E-state index contributed by atoms with van der Waals surface area (Å²) in [5.41, 5.74) is 3.82. The standard InChI is InChI=1S/C18H20ClNO/c1-21-18-11-10-14(19)12-17(18)20-16-9-5-3-7-13-6-2-4-8-15(13)16/h2,4,6,8,10-12,16,20H,3,5,7,9H2,1H3. The van der Waals surface area contributed by atoms with Crippen molar-refractivity contribution in [2.24, 2.45) is 0 Å². The fourth-order valence-corrected chi connectivity index (χ4v) is 3.22. The van der Waals surface area contributed by atoms with Gasteiger partial charge < -0.3 is 10.1 Å². The van der Waals surface area contributed by atoms with Gasteiger partial charge in [0.25, 0.3) is 0 Å². The van der Waals surface area contributed by atoms with Gasteiger partial charge >= 0.3 is 0 Å². The highest BCUT2D eigenvalue weighted by Crippen LogP contribution is 2.35. The molecular formula is C18H20ClNO. The van der Waals surface area contributed by atoms with E-state index in [-0.39, 0.29) is 0 Å². The first-order chi connectivity index (χ1) is 10.3. The van der Waals surface area contributed by atoms with Gasteiger partial charge in [0, 0.05) is 5.02 Å². The van der Waals surface area contributed by atoms with Gasteiger partial charge in [-0.1, -0.05) is 42.3 Å². The molecule has 1 N–H and O–H groups in total. The van der Waals surface area contributed by atoms with Crippen LogP contribution in [-0.2, 0) is 6.42 Å². The molecule has 0 fully saturated rings. The van der Waals surface area contributed by atoms with Gasteiger partial charge in [0.2, 0.25) is 0 Å². The number of rotatable bonds is 3. The molecule has 0 aliphatic heterocycles. The number of fused-ring (bicyclic) bond motifs is 1. The second kappa shape index (κ2) is 6.40. The Morgan fingerprint density at radius 3 is 2.86 bits per heavy atom. The largest absolute Gasteiger partial charge is 0.495 e. The van der Waals surface area contributed by atoms with Gasteiger partial charge in [-0.25, -0.2) is 0 Å². The predicted octanol–water partition coefficient (Wildman–Crippen LogP) is 5.23. The molecule has 0 aromatic heterocycles. The Labute approximate surface area is 131 Å². The SMILES string of the molecule is COc1ccc(Cl)cc1NC1CCCCc2ccccc21. The molecule has 0 amide bonds. The Kier molecular flexibility index (Phi) is 4.35. The normalized spacial score (nSPS) is 17.7. The van der Waals surface area contributed by atoms with Crippen LogP contribution >= 0.6 is 11.6 Å². The van der Waals surface area contributed by atoms with Gasteiger partial charge in [-0.05, 0) is 48.6 Å². The van der Waals surface area contributed by atoms with E-state index in [1.165, 1.54) is 30.4 Å². The number of halogens is 1. The highest BCUT2D eigenvalue weighted by Gasteiger charge is 2.19. The minimum Gasteiger partial charge on any atom is -0.495 e. The maximum atomic E-state index is 6.13. The number of hydrogen-bond acceptors (Lipinski definition) is 2. The maximum absolute atomic E-state index is 6.13. The van der Waals surface area contributed by atoms with Gasteiger partial charge in [0.05, 0.1) is 18.8 Å². The Morgan fingerprint density at radius 2 is 2.00 bits per heavy atom. The second-order valence-electron chi connectivity index (χ2n) is 5.49. The lowest BCUT2D eigenvalue weighted by atomic mass is 9.99. The van der Waals surface area contributed by atoms with Gasteiger partial charge in [0.15, 0.2) is 0 Å². The van der Waals surface area contributed by atoms with Gasteiger partial charge in [-0.2, -0.15) is 0 Å². The van der Waals surface area contributed by atoms with Crippen molar-refractivity contribution in [1.29, 1.82) is 0 Å². The third kappa shape index (κ3) is 3.16. The molecule has 2 aromatic carbocycles. The lowest BCUT2D eigenvalue weighted by Gasteiger charge is -2.22. The number of anilines is 1. The monoisotopic (exact) mass is 301 g/mol. The molecule has 0 saturated carbocycles. The lowest BCUT2D eigenvalue weighted by molar-refractivity contribution is 0.415. The summed E-state index contributed by atoms with van der Waals surface area (Å²) < 4.78 is 5.44. The number of aryl methyl sites for hydroxylation is 1. The summed E-state index contributed by atoms with van der Waals surface area (Å²) in [6, 6.07) is 14.7. The molecule has 3 heteroatoms. The summed E-state index contributed by atoms with van der Waals surface area (Å²) >= 11 is 6.13. The van der Waals surface area contributed by atoms with Crippen molar-refractivity contribution in [3.8, 4) is 5.75 Å². The van der Waals surface area contributed by atoms with Crippen LogP contribution in [0.3, 0.4) is 0 Å². The second-order valence-corrected chi connectivity index (χ2v) is 5.92. The number of hydrogen-bond donors (Lipinski definition) is 1. The molecule has 0 spiro atoms. The van der Waals surface area contributed by atoms with Crippen LogP contribution in [0.1, 0.15) is 36.4 Å². The molecule has 1 aliphatic carbocycles. The molecule has 2 nitrogen and oxygen atoms in total. The van der Waals surface area contributed by atoms with E-state index < -0.39 is 0 Å². The summed E-state index contributed by atoms with van der Waals surface area (Å²) in [6.45, 7) is 0. The zero-order chi connectivity index (χ0) is 14.7. The van der Waals surface area contributed by atoms with Crippen LogP contribution in [0.5, 0.6) is 5.75 Å². The minimum absolute atomic E-state index is 0.316. The summed E-state index contributed by atoms with van der Waals surface area (Å²) in [5, 5.41) is 4.35. The molecule has 2 aromatic rings. The van der Waals surface area contributed by atoms with Crippen LogP contribution in [0.25, 0.3) is 0 Å². The Bertz CT molecular complexity index is 626. The van der Waals surface area contributed by atoms with E-state index >= 15 is 0 Å². The van der Waals surface area contributed by atoms with Crippen molar-refractivity contribution >= 4 is 17.3 Å². The third-order valence-electron chi connectivity index (χ3n) is 4.11. The average Bonchev–Trinajstić information content (AvgIpc) is 2.70. The summed E-state index contributed by atoms with van der Waals surface area (Å²) in [6.07, 6.45) is 4.78. The van der Waals surface area contributed by atoms with E-state index in [1.54, 1.807) is 7.11 Å².